The van der Waals surface area contributed by atoms with Crippen molar-refractivity contribution in [2.24, 2.45) is 5.92 Å². The van der Waals surface area contributed by atoms with E-state index in [0.29, 0.717) is 24.6 Å². The fraction of sp³-hybridized carbons (Fsp3) is 0.545. The van der Waals surface area contributed by atoms with Gasteiger partial charge in [-0.2, -0.15) is 0 Å². The predicted molar refractivity (Wildman–Crippen MR) is 107 cm³/mol. The molecule has 150 valence electrons. The van der Waals surface area contributed by atoms with Crippen LogP contribution in [0.3, 0.4) is 0 Å². The van der Waals surface area contributed by atoms with Gasteiger partial charge in [0.2, 0.25) is 0 Å². The molecule has 1 aliphatic carbocycles. The standard InChI is InChI=1S/C22H28N2O4/c1-13-17(22(26)27)10-11-23(13)21(25)20-14(2)24(15-6-4-5-7-15)19-9-8-16(28-3)12-18(19)20/h8-9,12-13,15,17H,4-7,10-11H2,1-3H3,(H,26,27). The molecule has 0 bridgehead atoms. The molecule has 2 unspecified atom stereocenters. The number of hydrogen-bond acceptors (Lipinski definition) is 3. The van der Waals surface area contributed by atoms with Crippen molar-refractivity contribution >= 4 is 22.8 Å². The number of carboxylic acids is 1. The van der Waals surface area contributed by atoms with Crippen molar-refractivity contribution in [2.45, 2.75) is 58.0 Å². The van der Waals surface area contributed by atoms with Crippen LogP contribution in [0, 0.1) is 12.8 Å². The monoisotopic (exact) mass is 384 g/mol. The van der Waals surface area contributed by atoms with Crippen molar-refractivity contribution < 1.29 is 19.4 Å². The quantitative estimate of drug-likeness (QED) is 0.865. The Morgan fingerprint density at radius 1 is 1.18 bits per heavy atom. The highest BCUT2D eigenvalue weighted by atomic mass is 16.5. The highest BCUT2D eigenvalue weighted by Gasteiger charge is 2.40. The van der Waals surface area contributed by atoms with Gasteiger partial charge in [-0.05, 0) is 51.3 Å². The zero-order valence-electron chi connectivity index (χ0n) is 16.8. The average Bonchev–Trinajstić information content (AvgIpc) is 3.37. The van der Waals surface area contributed by atoms with Crippen molar-refractivity contribution in [3.8, 4) is 5.75 Å². The number of amides is 1. The maximum Gasteiger partial charge on any atom is 0.308 e. The Bertz CT molecular complexity index is 926. The molecule has 1 saturated carbocycles. The van der Waals surface area contributed by atoms with Crippen molar-refractivity contribution in [1.29, 1.82) is 0 Å². The number of fused-ring (bicyclic) bond motifs is 1. The van der Waals surface area contributed by atoms with Crippen LogP contribution in [0.15, 0.2) is 18.2 Å². The zero-order chi connectivity index (χ0) is 20.0. The molecule has 1 aromatic carbocycles. The summed E-state index contributed by atoms with van der Waals surface area (Å²) < 4.78 is 7.74. The minimum Gasteiger partial charge on any atom is -0.497 e. The first kappa shape index (κ1) is 18.8. The Morgan fingerprint density at radius 2 is 1.89 bits per heavy atom. The Morgan fingerprint density at radius 3 is 2.50 bits per heavy atom. The summed E-state index contributed by atoms with van der Waals surface area (Å²) in [5.41, 5.74) is 2.74. The van der Waals surface area contributed by atoms with Crippen LogP contribution >= 0.6 is 0 Å². The van der Waals surface area contributed by atoms with Gasteiger partial charge in [0.1, 0.15) is 5.75 Å². The molecule has 1 saturated heterocycles. The summed E-state index contributed by atoms with van der Waals surface area (Å²) in [6.07, 6.45) is 5.20. The molecule has 6 heteroatoms. The number of hydrogen-bond donors (Lipinski definition) is 1. The second-order valence-electron chi connectivity index (χ2n) is 8.12. The largest absolute Gasteiger partial charge is 0.497 e. The number of methoxy groups -OCH3 is 1. The first-order valence-electron chi connectivity index (χ1n) is 10.2. The smallest absolute Gasteiger partial charge is 0.308 e. The maximum atomic E-state index is 13.6. The van der Waals surface area contributed by atoms with E-state index >= 15 is 0 Å². The highest BCUT2D eigenvalue weighted by Crippen LogP contribution is 2.39. The molecule has 0 spiro atoms. The van der Waals surface area contributed by atoms with E-state index in [1.807, 2.05) is 32.0 Å². The van der Waals surface area contributed by atoms with E-state index in [4.69, 9.17) is 4.74 Å². The lowest BCUT2D eigenvalue weighted by molar-refractivity contribution is -0.142. The number of likely N-dealkylation sites (tertiary alicyclic amines) is 1. The minimum absolute atomic E-state index is 0.0660. The number of carbonyl (C=O) groups is 2. The molecule has 0 radical (unpaired) electrons. The predicted octanol–water partition coefficient (Wildman–Crippen LogP) is 4.01. The summed E-state index contributed by atoms with van der Waals surface area (Å²) in [7, 11) is 1.63. The van der Waals surface area contributed by atoms with E-state index in [1.54, 1.807) is 12.0 Å². The van der Waals surface area contributed by atoms with Crippen LogP contribution in [0.5, 0.6) is 5.75 Å². The summed E-state index contributed by atoms with van der Waals surface area (Å²) in [5, 5.41) is 10.3. The van der Waals surface area contributed by atoms with Crippen LogP contribution in [-0.2, 0) is 4.79 Å². The lowest BCUT2D eigenvalue weighted by atomic mass is 10.0. The lowest BCUT2D eigenvalue weighted by Gasteiger charge is -2.24. The summed E-state index contributed by atoms with van der Waals surface area (Å²) in [6, 6.07) is 6.04. The molecule has 1 aromatic heterocycles. The zero-order valence-corrected chi connectivity index (χ0v) is 16.8. The number of benzene rings is 1. The Balaban J connectivity index is 1.82. The van der Waals surface area contributed by atoms with Gasteiger partial charge in [-0.15, -0.1) is 0 Å². The molecule has 2 heterocycles. The molecular formula is C22H28N2O4. The molecule has 1 aliphatic heterocycles. The maximum absolute atomic E-state index is 13.6. The average molecular weight is 384 g/mol. The van der Waals surface area contributed by atoms with Gasteiger partial charge in [0.05, 0.1) is 18.6 Å². The van der Waals surface area contributed by atoms with Crippen LogP contribution in [0.1, 0.15) is 61.1 Å². The van der Waals surface area contributed by atoms with E-state index in [1.165, 1.54) is 12.8 Å². The van der Waals surface area contributed by atoms with E-state index in [0.717, 1.165) is 35.2 Å². The molecule has 2 aliphatic rings. The van der Waals surface area contributed by atoms with Gasteiger partial charge in [-0.1, -0.05) is 12.8 Å². The first-order chi connectivity index (χ1) is 13.4. The third-order valence-corrected chi connectivity index (χ3v) is 6.69. The number of aliphatic carboxylic acids is 1. The van der Waals surface area contributed by atoms with Crippen LogP contribution in [0.4, 0.5) is 0 Å². The second-order valence-corrected chi connectivity index (χ2v) is 8.12. The van der Waals surface area contributed by atoms with Crippen LogP contribution in [0.25, 0.3) is 10.9 Å². The number of aromatic nitrogens is 1. The van der Waals surface area contributed by atoms with Gasteiger partial charge in [0, 0.05) is 35.2 Å². The first-order valence-corrected chi connectivity index (χ1v) is 10.2. The van der Waals surface area contributed by atoms with E-state index in [2.05, 4.69) is 4.57 Å². The minimum atomic E-state index is -0.824. The topological polar surface area (TPSA) is 71.8 Å². The third kappa shape index (κ3) is 2.86. The van der Waals surface area contributed by atoms with Crippen LogP contribution in [-0.4, -0.2) is 46.1 Å². The van der Waals surface area contributed by atoms with Crippen molar-refractivity contribution in [3.05, 3.63) is 29.5 Å². The van der Waals surface area contributed by atoms with Gasteiger partial charge >= 0.3 is 5.97 Å². The number of ether oxygens (including phenoxy) is 1. The summed E-state index contributed by atoms with van der Waals surface area (Å²) >= 11 is 0. The Hall–Kier alpha value is -2.50. The van der Waals surface area contributed by atoms with Gasteiger partial charge in [0.25, 0.3) is 5.91 Å². The van der Waals surface area contributed by atoms with Crippen molar-refractivity contribution in [2.75, 3.05) is 13.7 Å². The van der Waals surface area contributed by atoms with Crippen molar-refractivity contribution in [1.82, 2.24) is 9.47 Å². The van der Waals surface area contributed by atoms with Crippen LogP contribution in [0.2, 0.25) is 0 Å². The fourth-order valence-electron chi connectivity index (χ4n) is 5.15. The number of carboxylic acid groups (broad SMARTS) is 1. The summed E-state index contributed by atoms with van der Waals surface area (Å²) in [4.78, 5) is 26.8. The Kier molecular flexibility index (Phi) is 4.81. The fourth-order valence-corrected chi connectivity index (χ4v) is 5.15. The third-order valence-electron chi connectivity index (χ3n) is 6.69. The molecule has 28 heavy (non-hydrogen) atoms. The summed E-state index contributed by atoms with van der Waals surface area (Å²) in [5.74, 6) is -0.664. The molecule has 2 fully saturated rings. The van der Waals surface area contributed by atoms with Gasteiger partial charge in [0.15, 0.2) is 0 Å². The molecule has 2 aromatic rings. The Labute approximate surface area is 165 Å². The summed E-state index contributed by atoms with van der Waals surface area (Å²) in [6.45, 7) is 4.35. The second kappa shape index (κ2) is 7.15. The van der Waals surface area contributed by atoms with Gasteiger partial charge < -0.3 is 19.3 Å². The SMILES string of the molecule is COc1ccc2c(c1)c(C(=O)N1CCC(C(=O)O)C1C)c(C)n2C1CCCC1. The highest BCUT2D eigenvalue weighted by molar-refractivity contribution is 6.09. The van der Waals surface area contributed by atoms with E-state index < -0.39 is 11.9 Å². The van der Waals surface area contributed by atoms with Gasteiger partial charge in [-0.3, -0.25) is 9.59 Å². The number of carbonyl (C=O) groups excluding carboxylic acids is 1. The number of rotatable bonds is 4. The molecular weight excluding hydrogens is 356 g/mol. The molecule has 6 nitrogen and oxygen atoms in total. The lowest BCUT2D eigenvalue weighted by Crippen LogP contribution is -2.38. The van der Waals surface area contributed by atoms with Gasteiger partial charge in [-0.25, -0.2) is 0 Å². The van der Waals surface area contributed by atoms with Crippen LogP contribution < -0.4 is 4.74 Å². The normalized spacial score (nSPS) is 22.9. The molecule has 4 rings (SSSR count). The van der Waals surface area contributed by atoms with E-state index in [-0.39, 0.29) is 11.9 Å². The molecule has 2 atom stereocenters. The molecule has 1 amide bonds. The number of nitrogens with zero attached hydrogens (tertiary/aromatic N) is 2. The molecule has 1 N–H and O–H groups in total. The van der Waals surface area contributed by atoms with Crippen molar-refractivity contribution in [3.63, 3.8) is 0 Å². The van der Waals surface area contributed by atoms with E-state index in [9.17, 15) is 14.7 Å².